The van der Waals surface area contributed by atoms with Crippen LogP contribution < -0.4 is 4.74 Å². The third-order valence-electron chi connectivity index (χ3n) is 4.56. The molecule has 0 radical (unpaired) electrons. The molecule has 0 spiro atoms. The van der Waals surface area contributed by atoms with E-state index >= 15 is 0 Å². The van der Waals surface area contributed by atoms with E-state index in [2.05, 4.69) is 4.99 Å². The Balaban J connectivity index is 1.77. The van der Waals surface area contributed by atoms with E-state index in [9.17, 15) is 13.2 Å². The molecule has 0 aliphatic carbocycles. The van der Waals surface area contributed by atoms with Crippen molar-refractivity contribution in [3.63, 3.8) is 0 Å². The van der Waals surface area contributed by atoms with Gasteiger partial charge >= 0.3 is 0 Å². The molecular weight excluding hydrogens is 408 g/mol. The first-order valence-corrected chi connectivity index (χ1v) is 11.2. The molecular formula is C21H18N2O4S2. The SMILES string of the molecule is COc1ccc(N=C2S[C@H](C)C(=O)N2S(=O)(=O)c2ccc3ccccc3c2)cc1. The molecule has 1 saturated heterocycles. The lowest BCUT2D eigenvalue weighted by molar-refractivity contribution is -0.122. The van der Waals surface area contributed by atoms with Gasteiger partial charge in [0.1, 0.15) is 5.75 Å². The molecule has 1 aliphatic rings. The normalized spacial score (nSPS) is 18.6. The van der Waals surface area contributed by atoms with Crippen LogP contribution in [-0.2, 0) is 14.8 Å². The Hall–Kier alpha value is -2.84. The van der Waals surface area contributed by atoms with Gasteiger partial charge in [0.25, 0.3) is 15.9 Å². The first-order chi connectivity index (χ1) is 13.9. The number of amides is 1. The number of methoxy groups -OCH3 is 1. The second kappa shape index (κ2) is 7.53. The minimum absolute atomic E-state index is 0.0571. The van der Waals surface area contributed by atoms with Gasteiger partial charge in [0.15, 0.2) is 5.17 Å². The number of hydrogen-bond acceptors (Lipinski definition) is 6. The number of benzene rings is 3. The van der Waals surface area contributed by atoms with Crippen LogP contribution in [-0.4, -0.2) is 36.2 Å². The van der Waals surface area contributed by atoms with Gasteiger partial charge < -0.3 is 4.74 Å². The molecule has 1 atom stereocenters. The van der Waals surface area contributed by atoms with E-state index in [0.29, 0.717) is 11.4 Å². The van der Waals surface area contributed by atoms with Gasteiger partial charge in [-0.15, -0.1) is 0 Å². The van der Waals surface area contributed by atoms with Crippen LogP contribution in [0.3, 0.4) is 0 Å². The molecule has 0 saturated carbocycles. The van der Waals surface area contributed by atoms with Crippen molar-refractivity contribution in [3.05, 3.63) is 66.7 Å². The minimum Gasteiger partial charge on any atom is -0.497 e. The third kappa shape index (κ3) is 3.61. The standard InChI is InChI=1S/C21H18N2O4S2/c1-14-20(24)23(21(28-14)22-17-8-10-18(27-2)11-9-17)29(25,26)19-12-7-15-5-3-4-6-16(15)13-19/h3-14H,1-2H3/t14-/m1/s1. The van der Waals surface area contributed by atoms with Crippen molar-refractivity contribution in [2.24, 2.45) is 4.99 Å². The van der Waals surface area contributed by atoms with Gasteiger partial charge in [0.2, 0.25) is 0 Å². The molecule has 0 N–H and O–H groups in total. The predicted molar refractivity (Wildman–Crippen MR) is 115 cm³/mol. The average molecular weight is 427 g/mol. The van der Waals surface area contributed by atoms with Crippen molar-refractivity contribution in [1.29, 1.82) is 0 Å². The number of amidine groups is 1. The van der Waals surface area contributed by atoms with Gasteiger partial charge in [0.05, 0.1) is 22.9 Å². The van der Waals surface area contributed by atoms with Gasteiger partial charge in [-0.05, 0) is 54.1 Å². The number of carbonyl (C=O) groups excluding carboxylic acids is 1. The van der Waals surface area contributed by atoms with Crippen LogP contribution in [0.5, 0.6) is 5.75 Å². The highest BCUT2D eigenvalue weighted by Crippen LogP contribution is 2.34. The molecule has 3 aromatic rings. The molecule has 0 aromatic heterocycles. The number of thioether (sulfide) groups is 1. The summed E-state index contributed by atoms with van der Waals surface area (Å²) in [5, 5.41) is 1.31. The maximum Gasteiger partial charge on any atom is 0.272 e. The molecule has 3 aromatic carbocycles. The van der Waals surface area contributed by atoms with Crippen LogP contribution in [0.1, 0.15) is 6.92 Å². The van der Waals surface area contributed by atoms with E-state index in [4.69, 9.17) is 4.74 Å². The number of rotatable bonds is 4. The predicted octanol–water partition coefficient (Wildman–Crippen LogP) is 4.19. The monoisotopic (exact) mass is 426 g/mol. The summed E-state index contributed by atoms with van der Waals surface area (Å²) in [7, 11) is -2.53. The van der Waals surface area contributed by atoms with Gasteiger partial charge in [-0.3, -0.25) is 4.79 Å². The maximum absolute atomic E-state index is 13.3. The lowest BCUT2D eigenvalue weighted by atomic mass is 10.1. The number of carbonyl (C=O) groups is 1. The molecule has 1 heterocycles. The summed E-state index contributed by atoms with van der Waals surface area (Å²) in [4.78, 5) is 17.2. The molecule has 6 nitrogen and oxygen atoms in total. The van der Waals surface area contributed by atoms with E-state index in [1.807, 2.05) is 24.3 Å². The van der Waals surface area contributed by atoms with Crippen molar-refractivity contribution in [1.82, 2.24) is 4.31 Å². The summed E-state index contributed by atoms with van der Waals surface area (Å²) < 4.78 is 32.6. The lowest BCUT2D eigenvalue weighted by Gasteiger charge is -2.17. The van der Waals surface area contributed by atoms with Crippen molar-refractivity contribution >= 4 is 49.3 Å². The van der Waals surface area contributed by atoms with Gasteiger partial charge in [-0.1, -0.05) is 42.1 Å². The lowest BCUT2D eigenvalue weighted by Crippen LogP contribution is -2.37. The zero-order valence-corrected chi connectivity index (χ0v) is 17.4. The molecule has 0 bridgehead atoms. The van der Waals surface area contributed by atoms with E-state index in [1.54, 1.807) is 50.4 Å². The van der Waals surface area contributed by atoms with Crippen molar-refractivity contribution in [2.45, 2.75) is 17.1 Å². The van der Waals surface area contributed by atoms with E-state index in [-0.39, 0.29) is 10.1 Å². The Bertz CT molecular complexity index is 1220. The summed E-state index contributed by atoms with van der Waals surface area (Å²) in [6.07, 6.45) is 0. The smallest absolute Gasteiger partial charge is 0.272 e. The zero-order valence-electron chi connectivity index (χ0n) is 15.8. The number of ether oxygens (including phenoxy) is 1. The number of aliphatic imine (C=N–C) groups is 1. The number of nitrogens with zero attached hydrogens (tertiary/aromatic N) is 2. The average Bonchev–Trinajstić information content (AvgIpc) is 3.02. The number of sulfonamides is 1. The van der Waals surface area contributed by atoms with Crippen LogP contribution in [0.25, 0.3) is 10.8 Å². The molecule has 8 heteroatoms. The minimum atomic E-state index is -4.09. The molecule has 4 rings (SSSR count). The van der Waals surface area contributed by atoms with Crippen LogP contribution in [0, 0.1) is 0 Å². The fraction of sp³-hybridized carbons (Fsp3) is 0.143. The molecule has 29 heavy (non-hydrogen) atoms. The fourth-order valence-corrected chi connectivity index (χ4v) is 5.73. The Morgan fingerprint density at radius 2 is 1.69 bits per heavy atom. The van der Waals surface area contributed by atoms with Crippen LogP contribution in [0.4, 0.5) is 5.69 Å². The summed E-state index contributed by atoms with van der Waals surface area (Å²) in [5.41, 5.74) is 0.536. The Kier molecular flexibility index (Phi) is 5.06. The Morgan fingerprint density at radius 3 is 2.38 bits per heavy atom. The van der Waals surface area contributed by atoms with Crippen LogP contribution in [0.15, 0.2) is 76.6 Å². The maximum atomic E-state index is 13.3. The van der Waals surface area contributed by atoms with Gasteiger partial charge in [-0.2, -0.15) is 4.31 Å². The molecule has 148 valence electrons. The van der Waals surface area contributed by atoms with E-state index < -0.39 is 21.2 Å². The van der Waals surface area contributed by atoms with Crippen molar-refractivity contribution in [3.8, 4) is 5.75 Å². The van der Waals surface area contributed by atoms with E-state index in [1.165, 1.54) is 6.07 Å². The quantitative estimate of drug-likeness (QED) is 0.625. The molecule has 1 aliphatic heterocycles. The highest BCUT2D eigenvalue weighted by molar-refractivity contribution is 8.17. The zero-order chi connectivity index (χ0) is 20.6. The second-order valence-corrected chi connectivity index (χ2v) is 9.56. The Labute approximate surface area is 173 Å². The van der Waals surface area contributed by atoms with Crippen LogP contribution in [0.2, 0.25) is 0 Å². The van der Waals surface area contributed by atoms with E-state index in [0.717, 1.165) is 26.8 Å². The first-order valence-electron chi connectivity index (χ1n) is 8.87. The van der Waals surface area contributed by atoms with Crippen LogP contribution >= 0.6 is 11.8 Å². The first kappa shape index (κ1) is 19.5. The highest BCUT2D eigenvalue weighted by atomic mass is 32.2. The second-order valence-electron chi connectivity index (χ2n) is 6.47. The van der Waals surface area contributed by atoms with Crippen molar-refractivity contribution < 1.29 is 17.9 Å². The van der Waals surface area contributed by atoms with Gasteiger partial charge in [0, 0.05) is 0 Å². The fourth-order valence-electron chi connectivity index (χ4n) is 3.01. The van der Waals surface area contributed by atoms with Crippen molar-refractivity contribution in [2.75, 3.05) is 7.11 Å². The largest absolute Gasteiger partial charge is 0.497 e. The van der Waals surface area contributed by atoms with Gasteiger partial charge in [-0.25, -0.2) is 13.4 Å². The Morgan fingerprint density at radius 1 is 1.00 bits per heavy atom. The highest BCUT2D eigenvalue weighted by Gasteiger charge is 2.43. The molecule has 1 amide bonds. The summed E-state index contributed by atoms with van der Waals surface area (Å²) in [6.45, 7) is 1.67. The molecule has 1 fully saturated rings. The number of hydrogen-bond donors (Lipinski definition) is 0. The number of fused-ring (bicyclic) bond motifs is 1. The summed E-state index contributed by atoms with van der Waals surface area (Å²) in [6, 6.07) is 19.2. The third-order valence-corrected chi connectivity index (χ3v) is 7.40. The summed E-state index contributed by atoms with van der Waals surface area (Å²) >= 11 is 1.13. The summed E-state index contributed by atoms with van der Waals surface area (Å²) in [5.74, 6) is 0.161. The topological polar surface area (TPSA) is 76.0 Å². The molecule has 0 unspecified atom stereocenters.